The molecule has 0 nitrogen and oxygen atoms in total. The van der Waals surface area contributed by atoms with Gasteiger partial charge in [0.1, 0.15) is 0 Å². The monoisotopic (exact) mass is 934 g/mol. The predicted octanol–water partition coefficient (Wildman–Crippen LogP) is 17.9. The van der Waals surface area contributed by atoms with Crippen molar-refractivity contribution in [3.8, 4) is 22.3 Å². The molecule has 8 rings (SSSR count). The molecule has 324 valence electrons. The summed E-state index contributed by atoms with van der Waals surface area (Å²) in [6.45, 7) is 12.2. The molecule has 2 fully saturated rings. The van der Waals surface area contributed by atoms with Gasteiger partial charge >= 0.3 is 30.2 Å². The summed E-state index contributed by atoms with van der Waals surface area (Å²) in [6, 6.07) is 41.9. The molecule has 2 unspecified atom stereocenters. The first-order chi connectivity index (χ1) is 27.5. The van der Waals surface area contributed by atoms with Gasteiger partial charge in [-0.2, -0.15) is 12.1 Å². The van der Waals surface area contributed by atoms with Crippen LogP contribution in [0.2, 0.25) is 0 Å². The van der Waals surface area contributed by atoms with E-state index in [1.165, 1.54) is 181 Å². The van der Waals surface area contributed by atoms with E-state index in [9.17, 15) is 0 Å². The predicted molar refractivity (Wildman–Crippen MR) is 270 cm³/mol. The zero-order valence-electron chi connectivity index (χ0n) is 37.8. The van der Waals surface area contributed by atoms with Gasteiger partial charge < -0.3 is 14.9 Å². The Morgan fingerprint density at radius 3 is 1.17 bits per heavy atom. The number of benzene rings is 4. The van der Waals surface area contributed by atoms with Gasteiger partial charge in [0, 0.05) is 0 Å². The van der Waals surface area contributed by atoms with E-state index in [1.807, 2.05) is 0 Å². The van der Waals surface area contributed by atoms with Crippen molar-refractivity contribution < 1.29 is 23.3 Å². The maximum atomic E-state index is 3.06. The summed E-state index contributed by atoms with van der Waals surface area (Å²) in [5.41, 5.74) is 11.4. The normalized spacial score (nSPS) is 15.4. The van der Waals surface area contributed by atoms with Crippen LogP contribution in [0.4, 0.5) is 0 Å². The zero-order valence-corrected chi connectivity index (χ0v) is 42.9. The van der Waals surface area contributed by atoms with Crippen LogP contribution in [-0.2, 0) is 36.2 Å². The molecular weight excluding hydrogens is 863 g/mol. The molecule has 0 aromatic heterocycles. The molecule has 0 heterocycles. The Hall–Kier alpha value is -2.22. The van der Waals surface area contributed by atoms with Crippen LogP contribution in [0, 0.1) is 26.7 Å². The third-order valence-electron chi connectivity index (χ3n) is 13.4. The van der Waals surface area contributed by atoms with Crippen LogP contribution in [0.15, 0.2) is 109 Å². The molecule has 2 atom stereocenters. The fourth-order valence-corrected chi connectivity index (χ4v) is 9.59. The second-order valence-electron chi connectivity index (χ2n) is 17.3. The van der Waals surface area contributed by atoms with Crippen LogP contribution in [-0.4, -0.2) is 6.88 Å². The van der Waals surface area contributed by atoms with Crippen LogP contribution in [0.25, 0.3) is 43.8 Å². The van der Waals surface area contributed by atoms with E-state index in [1.54, 1.807) is 11.1 Å². The van der Waals surface area contributed by atoms with Crippen molar-refractivity contribution >= 4 is 53.2 Å². The summed E-state index contributed by atoms with van der Waals surface area (Å²) >= 11 is 1.36. The van der Waals surface area contributed by atoms with Crippen LogP contribution < -0.4 is 0 Å². The summed E-state index contributed by atoms with van der Waals surface area (Å²) < 4.78 is 0. The summed E-state index contributed by atoms with van der Waals surface area (Å²) in [5, 5.41) is 5.67. The third-order valence-corrected chi connectivity index (χ3v) is 13.4. The number of fused-ring (bicyclic) bond motifs is 2. The van der Waals surface area contributed by atoms with Gasteiger partial charge in [0.2, 0.25) is 0 Å². The number of hydrogen-bond acceptors (Lipinski definition) is 0. The van der Waals surface area contributed by atoms with E-state index >= 15 is 0 Å². The van der Waals surface area contributed by atoms with Gasteiger partial charge in [-0.05, 0) is 71.6 Å². The Balaban J connectivity index is 0.000000373. The second-order valence-corrected chi connectivity index (χ2v) is 17.3. The van der Waals surface area contributed by atoms with Gasteiger partial charge in [0.25, 0.3) is 0 Å². The van der Waals surface area contributed by atoms with Crippen LogP contribution >= 0.6 is 24.8 Å². The Morgan fingerprint density at radius 1 is 0.517 bits per heavy atom. The Labute approximate surface area is 396 Å². The van der Waals surface area contributed by atoms with Gasteiger partial charge in [-0.3, -0.25) is 0 Å². The van der Waals surface area contributed by atoms with Gasteiger partial charge in [-0.15, -0.1) is 93.9 Å². The molecule has 2 radical (unpaired) electrons. The van der Waals surface area contributed by atoms with Crippen LogP contribution in [0.5, 0.6) is 0 Å². The first-order valence-electron chi connectivity index (χ1n) is 22.3. The van der Waals surface area contributed by atoms with Crippen molar-refractivity contribution in [2.75, 3.05) is 0 Å². The summed E-state index contributed by atoms with van der Waals surface area (Å²) in [7, 11) is 0. The minimum atomic E-state index is 0. The topological polar surface area (TPSA) is 0 Å². The molecule has 6 aromatic carbocycles. The average molecular weight is 937 g/mol. The van der Waals surface area contributed by atoms with E-state index in [4.69, 9.17) is 0 Å². The average Bonchev–Trinajstić information content (AvgIpc) is 3.63. The van der Waals surface area contributed by atoms with Gasteiger partial charge in [-0.25, -0.2) is 0 Å². The van der Waals surface area contributed by atoms with E-state index in [0.717, 1.165) is 11.8 Å². The fourth-order valence-electron chi connectivity index (χ4n) is 9.59. The van der Waals surface area contributed by atoms with Gasteiger partial charge in [-0.1, -0.05) is 177 Å². The Kier molecular flexibility index (Phi) is 24.9. The first kappa shape index (κ1) is 53.9. The molecule has 0 amide bonds. The first-order valence-corrected chi connectivity index (χ1v) is 26.5. The number of halogens is 2. The maximum absolute atomic E-state index is 3.06. The summed E-state index contributed by atoms with van der Waals surface area (Å²) in [4.78, 5) is 0. The molecule has 0 aliphatic heterocycles. The van der Waals surface area contributed by atoms with Crippen molar-refractivity contribution in [2.24, 2.45) is 11.8 Å². The van der Waals surface area contributed by atoms with Crippen LogP contribution in [0.1, 0.15) is 152 Å². The van der Waals surface area contributed by atoms with Gasteiger partial charge in [0.05, 0.1) is 0 Å². The summed E-state index contributed by atoms with van der Waals surface area (Å²) in [5.74, 6) is 3.06. The zero-order chi connectivity index (χ0) is 39.3. The third kappa shape index (κ3) is 14.4. The number of rotatable bonds is 10. The minimum absolute atomic E-state index is 0. The molecule has 2 aliphatic rings. The molecule has 4 heteroatoms. The Morgan fingerprint density at radius 2 is 0.850 bits per heavy atom. The van der Waals surface area contributed by atoms with Crippen molar-refractivity contribution in [3.63, 3.8) is 0 Å². The van der Waals surface area contributed by atoms with E-state index < -0.39 is 0 Å². The van der Waals surface area contributed by atoms with E-state index in [2.05, 4.69) is 144 Å². The molecule has 6 aromatic rings. The molecule has 0 bridgehead atoms. The van der Waals surface area contributed by atoms with E-state index in [0.29, 0.717) is 11.8 Å². The number of hydrogen-bond donors (Lipinski definition) is 0. The molecule has 0 spiro atoms. The summed E-state index contributed by atoms with van der Waals surface area (Å²) in [6.07, 6.45) is 22.1. The fraction of sp³-hybridized carbons (Fsp3) is 0.429. The molecule has 0 saturated heterocycles. The molecule has 60 heavy (non-hydrogen) atoms. The van der Waals surface area contributed by atoms with Crippen molar-refractivity contribution in [3.05, 3.63) is 146 Å². The standard InChI is InChI=1S/2C27H33.2CH3.2ClH.Si.Zr/c2*1-3-20(2)23-13-15-24(16-14-23)26-12-8-11-25-18-22(19-27(25)26)17-21-9-6-4-5-7-10-21;;;;;;/h2*8,11-16,18-21H,3-7,9-10,17H2,1-2H3;2*1H3;2*1H;;/q4*-1;;;;. The van der Waals surface area contributed by atoms with Crippen molar-refractivity contribution in [2.45, 2.75) is 142 Å². The molecular formula is C56H74Cl2SiZr-4. The van der Waals surface area contributed by atoms with Crippen molar-refractivity contribution in [1.29, 1.82) is 0 Å². The van der Waals surface area contributed by atoms with Crippen LogP contribution in [0.3, 0.4) is 0 Å². The van der Waals surface area contributed by atoms with Crippen molar-refractivity contribution in [1.82, 2.24) is 0 Å². The Bertz CT molecular complexity index is 1910. The quantitative estimate of drug-likeness (QED) is 0.0729. The molecule has 2 saturated carbocycles. The van der Waals surface area contributed by atoms with E-state index in [-0.39, 0.29) is 39.7 Å². The second kappa shape index (κ2) is 27.8. The molecule has 2 aliphatic carbocycles. The SMILES string of the molecule is CCC(C)c1ccc(-c2cccc3[cH-]c(CC4CCCCCC4)cc23)cc1.CCC(C)c1ccc(-c2cccc3[cH-]c(CC4CCCCCC4)cc23)cc1.Cl.Cl.[CH3-].[CH3-].[Si]=[Zr]. The molecule has 0 N–H and O–H groups in total. The van der Waals surface area contributed by atoms with Gasteiger partial charge in [0.15, 0.2) is 0 Å².